The Morgan fingerprint density at radius 3 is 2.00 bits per heavy atom. The third-order valence-corrected chi connectivity index (χ3v) is 4.41. The number of allylic oxidation sites excluding steroid dienone is 5. The van der Waals surface area contributed by atoms with E-state index in [-0.39, 0.29) is 17.0 Å². The zero-order chi connectivity index (χ0) is 19.8. The number of amides is 1. The highest BCUT2D eigenvalue weighted by Crippen LogP contribution is 2.35. The first-order valence-electron chi connectivity index (χ1n) is 8.53. The van der Waals surface area contributed by atoms with Gasteiger partial charge in [0.15, 0.2) is 11.5 Å². The van der Waals surface area contributed by atoms with Crippen LogP contribution in [-0.2, 0) is 9.59 Å². The van der Waals surface area contributed by atoms with Crippen molar-refractivity contribution in [3.05, 3.63) is 64.8 Å². The van der Waals surface area contributed by atoms with E-state index in [4.69, 9.17) is 0 Å². The van der Waals surface area contributed by atoms with Gasteiger partial charge in [-0.3, -0.25) is 9.59 Å². The molecule has 4 nitrogen and oxygen atoms in total. The van der Waals surface area contributed by atoms with E-state index < -0.39 is 23.4 Å². The van der Waals surface area contributed by atoms with Crippen molar-refractivity contribution in [1.82, 2.24) is 0 Å². The lowest BCUT2D eigenvalue weighted by atomic mass is 9.87. The fraction of sp³-hybridized carbons (Fsp3) is 0.250. The number of ketones is 1. The summed E-state index contributed by atoms with van der Waals surface area (Å²) >= 11 is 0. The maximum Gasteiger partial charge on any atom is 0.435 e. The molecule has 1 amide bonds. The first kappa shape index (κ1) is 18.8. The molecule has 0 spiro atoms. The molecule has 0 aromatic heterocycles. The molecule has 0 bridgehead atoms. The molecule has 0 fully saturated rings. The van der Waals surface area contributed by atoms with Gasteiger partial charge in [-0.05, 0) is 42.7 Å². The Balaban J connectivity index is 2.21. The summed E-state index contributed by atoms with van der Waals surface area (Å²) in [6.07, 6.45) is -1.34. The van der Waals surface area contributed by atoms with Crippen molar-refractivity contribution in [2.45, 2.75) is 32.9 Å². The first-order valence-corrected chi connectivity index (χ1v) is 8.53. The van der Waals surface area contributed by atoms with Crippen LogP contribution >= 0.6 is 0 Å². The Morgan fingerprint density at radius 2 is 1.52 bits per heavy atom. The molecule has 1 aliphatic carbocycles. The number of para-hydroxylation sites is 1. The molecule has 0 saturated carbocycles. The number of alkyl halides is 3. The van der Waals surface area contributed by atoms with Crippen molar-refractivity contribution < 1.29 is 22.8 Å². The maximum absolute atomic E-state index is 13.6. The Kier molecular flexibility index (Phi) is 4.87. The summed E-state index contributed by atoms with van der Waals surface area (Å²) in [7, 11) is 0. The molecule has 1 aliphatic heterocycles. The summed E-state index contributed by atoms with van der Waals surface area (Å²) in [5, 5.41) is 4.31. The minimum absolute atomic E-state index is 0.0720. The number of benzene rings is 1. The van der Waals surface area contributed by atoms with Gasteiger partial charge < -0.3 is 0 Å². The fourth-order valence-electron chi connectivity index (χ4n) is 3.03. The van der Waals surface area contributed by atoms with Gasteiger partial charge in [0.25, 0.3) is 5.91 Å². The highest BCUT2D eigenvalue weighted by Gasteiger charge is 2.48. The molecule has 1 aromatic rings. The van der Waals surface area contributed by atoms with Crippen LogP contribution in [0.25, 0.3) is 0 Å². The normalized spacial score (nSPS) is 18.0. The molecule has 0 N–H and O–H groups in total. The molecular weight excluding hydrogens is 357 g/mol. The molecule has 0 saturated heterocycles. The standard InChI is InChI=1S/C20H17F3N2O2/c1-3-12-10-14(11-13(4-2)17(12)26)16-18(20(21,22)23)24-25(19(16)27)15-8-6-5-7-9-15/h5-11H,3-4H2,1-2H3. The van der Waals surface area contributed by atoms with Crippen molar-refractivity contribution in [2.24, 2.45) is 5.10 Å². The molecule has 27 heavy (non-hydrogen) atoms. The number of hydrogen-bond donors (Lipinski definition) is 0. The lowest BCUT2D eigenvalue weighted by Gasteiger charge is -2.16. The minimum atomic E-state index is -4.80. The molecule has 3 rings (SSSR count). The van der Waals surface area contributed by atoms with E-state index >= 15 is 0 Å². The van der Waals surface area contributed by atoms with Crippen LogP contribution in [0.4, 0.5) is 18.9 Å². The second kappa shape index (κ2) is 6.98. The van der Waals surface area contributed by atoms with Crippen molar-refractivity contribution in [2.75, 3.05) is 5.01 Å². The van der Waals surface area contributed by atoms with E-state index in [0.29, 0.717) is 24.0 Å². The molecule has 2 aliphatic rings. The van der Waals surface area contributed by atoms with Crippen LogP contribution in [0.2, 0.25) is 0 Å². The van der Waals surface area contributed by atoms with Crippen molar-refractivity contribution in [3.63, 3.8) is 0 Å². The second-order valence-electron chi connectivity index (χ2n) is 6.10. The van der Waals surface area contributed by atoms with Gasteiger partial charge in [-0.1, -0.05) is 32.0 Å². The summed E-state index contributed by atoms with van der Waals surface area (Å²) in [6, 6.07) is 7.93. The van der Waals surface area contributed by atoms with Crippen LogP contribution in [-0.4, -0.2) is 23.6 Å². The molecule has 0 atom stereocenters. The predicted molar refractivity (Wildman–Crippen MR) is 96.2 cm³/mol. The summed E-state index contributed by atoms with van der Waals surface area (Å²) < 4.78 is 40.8. The molecule has 0 unspecified atom stereocenters. The van der Waals surface area contributed by atoms with E-state index in [1.165, 1.54) is 24.3 Å². The second-order valence-corrected chi connectivity index (χ2v) is 6.10. The number of carbonyl (C=O) groups is 2. The topological polar surface area (TPSA) is 49.7 Å². The van der Waals surface area contributed by atoms with Gasteiger partial charge in [0.1, 0.15) is 0 Å². The van der Waals surface area contributed by atoms with Crippen molar-refractivity contribution in [3.8, 4) is 0 Å². The summed E-state index contributed by atoms with van der Waals surface area (Å²) in [5.74, 6) is -1.06. The third-order valence-electron chi connectivity index (χ3n) is 4.41. The van der Waals surface area contributed by atoms with Crippen LogP contribution in [0.3, 0.4) is 0 Å². The van der Waals surface area contributed by atoms with Gasteiger partial charge in [0, 0.05) is 11.1 Å². The van der Waals surface area contributed by atoms with E-state index in [9.17, 15) is 22.8 Å². The highest BCUT2D eigenvalue weighted by atomic mass is 19.4. The van der Waals surface area contributed by atoms with Gasteiger partial charge in [-0.25, -0.2) is 0 Å². The predicted octanol–water partition coefficient (Wildman–Crippen LogP) is 4.50. The molecule has 1 aromatic carbocycles. The summed E-state index contributed by atoms with van der Waals surface area (Å²) in [5.41, 5.74) is -0.711. The molecular formula is C20H17F3N2O2. The molecule has 0 radical (unpaired) electrons. The number of hydrazone groups is 1. The number of halogens is 3. The first-order chi connectivity index (χ1) is 12.8. The Hall–Kier alpha value is -2.96. The van der Waals surface area contributed by atoms with E-state index in [1.807, 2.05) is 0 Å². The van der Waals surface area contributed by atoms with Gasteiger partial charge in [0.2, 0.25) is 0 Å². The van der Waals surface area contributed by atoms with Gasteiger partial charge in [-0.15, -0.1) is 0 Å². The average Bonchev–Trinajstić information content (AvgIpc) is 3.00. The smallest absolute Gasteiger partial charge is 0.289 e. The Labute approximate surface area is 154 Å². The average molecular weight is 374 g/mol. The molecule has 1 heterocycles. The van der Waals surface area contributed by atoms with Crippen LogP contribution in [0.1, 0.15) is 26.7 Å². The number of rotatable bonds is 3. The summed E-state index contributed by atoms with van der Waals surface area (Å²) in [6.45, 7) is 3.49. The summed E-state index contributed by atoms with van der Waals surface area (Å²) in [4.78, 5) is 25.1. The van der Waals surface area contributed by atoms with Crippen LogP contribution in [0.15, 0.2) is 69.9 Å². The van der Waals surface area contributed by atoms with E-state index in [1.54, 1.807) is 32.0 Å². The largest absolute Gasteiger partial charge is 0.435 e. The van der Waals surface area contributed by atoms with E-state index in [2.05, 4.69) is 5.10 Å². The number of anilines is 1. The lowest BCUT2D eigenvalue weighted by molar-refractivity contribution is -0.115. The van der Waals surface area contributed by atoms with Gasteiger partial charge >= 0.3 is 6.18 Å². The Bertz CT molecular complexity index is 896. The van der Waals surface area contributed by atoms with Crippen LogP contribution in [0, 0.1) is 0 Å². The number of hydrogen-bond acceptors (Lipinski definition) is 3. The number of Topliss-reactive ketones (excluding diaryl/α,β-unsaturated/α-hetero) is 1. The minimum Gasteiger partial charge on any atom is -0.289 e. The quantitative estimate of drug-likeness (QED) is 0.732. The van der Waals surface area contributed by atoms with Gasteiger partial charge in [0.05, 0.1) is 11.3 Å². The third kappa shape index (κ3) is 3.37. The van der Waals surface area contributed by atoms with Crippen molar-refractivity contribution in [1.29, 1.82) is 0 Å². The number of carbonyl (C=O) groups excluding carboxylic acids is 2. The zero-order valence-electron chi connectivity index (χ0n) is 14.8. The molecule has 140 valence electrons. The van der Waals surface area contributed by atoms with Gasteiger partial charge in [-0.2, -0.15) is 23.3 Å². The fourth-order valence-corrected chi connectivity index (χ4v) is 3.03. The van der Waals surface area contributed by atoms with Crippen LogP contribution in [0.5, 0.6) is 0 Å². The maximum atomic E-state index is 13.6. The van der Waals surface area contributed by atoms with Crippen molar-refractivity contribution >= 4 is 23.1 Å². The number of nitrogens with zero attached hydrogens (tertiary/aromatic N) is 2. The monoisotopic (exact) mass is 374 g/mol. The van der Waals surface area contributed by atoms with E-state index in [0.717, 1.165) is 5.01 Å². The SMILES string of the molecule is CCC1=CC(=C2C(=O)N(c3ccccc3)N=C2C(F)(F)F)C=C(CC)C1=O. The van der Waals surface area contributed by atoms with Crippen LogP contribution < -0.4 is 5.01 Å². The lowest BCUT2D eigenvalue weighted by Crippen LogP contribution is -2.27. The molecule has 7 heteroatoms. The zero-order valence-corrected chi connectivity index (χ0v) is 14.8. The Morgan fingerprint density at radius 1 is 0.963 bits per heavy atom. The highest BCUT2D eigenvalue weighted by molar-refractivity contribution is 6.33.